The standard InChI is InChI=1S/C17H23N3O.HI/c1-3-12-21-16-8-6-14(7-9-16)10-11-19-17(18-2)20-13-15-4-5-15;/h1,6-9,15H,4-5,10-13H2,2H3,(H2,18,19,20);1H. The van der Waals surface area contributed by atoms with Gasteiger partial charge in [-0.2, -0.15) is 0 Å². The Bertz CT molecular complexity index is 504. The van der Waals surface area contributed by atoms with E-state index in [9.17, 15) is 0 Å². The van der Waals surface area contributed by atoms with Gasteiger partial charge >= 0.3 is 0 Å². The molecule has 0 bridgehead atoms. The average Bonchev–Trinajstić information content (AvgIpc) is 3.34. The van der Waals surface area contributed by atoms with Gasteiger partial charge in [-0.3, -0.25) is 4.99 Å². The summed E-state index contributed by atoms with van der Waals surface area (Å²) in [4.78, 5) is 4.22. The molecule has 4 nitrogen and oxygen atoms in total. The molecule has 1 saturated carbocycles. The largest absolute Gasteiger partial charge is 0.481 e. The summed E-state index contributed by atoms with van der Waals surface area (Å²) >= 11 is 0. The van der Waals surface area contributed by atoms with Gasteiger partial charge in [0.2, 0.25) is 0 Å². The van der Waals surface area contributed by atoms with Gasteiger partial charge in [0.05, 0.1) is 0 Å². The van der Waals surface area contributed by atoms with Gasteiger partial charge in [0.25, 0.3) is 0 Å². The number of benzene rings is 1. The van der Waals surface area contributed by atoms with Crippen molar-refractivity contribution in [2.75, 3.05) is 26.7 Å². The van der Waals surface area contributed by atoms with Crippen LogP contribution in [0.3, 0.4) is 0 Å². The van der Waals surface area contributed by atoms with Crippen LogP contribution >= 0.6 is 24.0 Å². The van der Waals surface area contributed by atoms with Gasteiger partial charge in [0, 0.05) is 20.1 Å². The highest BCUT2D eigenvalue weighted by molar-refractivity contribution is 14.0. The number of aliphatic imine (C=N–C) groups is 1. The molecule has 1 aliphatic rings. The third-order valence-electron chi connectivity index (χ3n) is 3.43. The van der Waals surface area contributed by atoms with E-state index in [-0.39, 0.29) is 24.0 Å². The zero-order valence-corrected chi connectivity index (χ0v) is 15.3. The Morgan fingerprint density at radius 3 is 2.64 bits per heavy atom. The van der Waals surface area contributed by atoms with Gasteiger partial charge in [-0.15, -0.1) is 30.4 Å². The number of ether oxygens (including phenoxy) is 1. The summed E-state index contributed by atoms with van der Waals surface area (Å²) in [5.74, 6) is 5.00. The van der Waals surface area contributed by atoms with Crippen LogP contribution in [0.1, 0.15) is 18.4 Å². The Hall–Kier alpha value is -1.42. The molecule has 1 fully saturated rings. The Balaban J connectivity index is 0.00000242. The second kappa shape index (κ2) is 10.3. The first-order valence-electron chi connectivity index (χ1n) is 7.41. The Labute approximate surface area is 150 Å². The smallest absolute Gasteiger partial charge is 0.190 e. The molecule has 0 atom stereocenters. The van der Waals surface area contributed by atoms with Crippen molar-refractivity contribution in [3.05, 3.63) is 29.8 Å². The van der Waals surface area contributed by atoms with Gasteiger partial charge < -0.3 is 15.4 Å². The lowest BCUT2D eigenvalue weighted by Gasteiger charge is -2.11. The van der Waals surface area contributed by atoms with Crippen LogP contribution in [-0.2, 0) is 6.42 Å². The fraction of sp³-hybridized carbons (Fsp3) is 0.471. The summed E-state index contributed by atoms with van der Waals surface area (Å²) in [6.45, 7) is 2.19. The second-order valence-corrected chi connectivity index (χ2v) is 5.21. The van der Waals surface area contributed by atoms with Crippen molar-refractivity contribution in [1.82, 2.24) is 10.6 Å². The van der Waals surface area contributed by atoms with Crippen molar-refractivity contribution in [3.8, 4) is 18.1 Å². The molecule has 0 heterocycles. The predicted molar refractivity (Wildman–Crippen MR) is 102 cm³/mol. The van der Waals surface area contributed by atoms with Crippen LogP contribution in [0, 0.1) is 18.3 Å². The minimum Gasteiger partial charge on any atom is -0.481 e. The third-order valence-corrected chi connectivity index (χ3v) is 3.43. The molecule has 1 aromatic carbocycles. The SMILES string of the molecule is C#CCOc1ccc(CCNC(=NC)NCC2CC2)cc1.I. The monoisotopic (exact) mass is 413 g/mol. The van der Waals surface area contributed by atoms with Crippen LogP contribution in [0.5, 0.6) is 5.75 Å². The predicted octanol–water partition coefficient (Wildman–Crippen LogP) is 2.43. The normalized spacial score (nSPS) is 13.7. The Kier molecular flexibility index (Phi) is 8.75. The van der Waals surface area contributed by atoms with E-state index in [0.29, 0.717) is 6.61 Å². The van der Waals surface area contributed by atoms with E-state index in [1.165, 1.54) is 18.4 Å². The molecule has 22 heavy (non-hydrogen) atoms. The van der Waals surface area contributed by atoms with E-state index in [4.69, 9.17) is 11.2 Å². The first-order valence-corrected chi connectivity index (χ1v) is 7.41. The van der Waals surface area contributed by atoms with Gasteiger partial charge in [0.15, 0.2) is 5.96 Å². The van der Waals surface area contributed by atoms with E-state index >= 15 is 0 Å². The lowest BCUT2D eigenvalue weighted by Crippen LogP contribution is -2.39. The maximum absolute atomic E-state index is 5.35. The molecule has 0 aliphatic heterocycles. The molecular weight excluding hydrogens is 389 g/mol. The summed E-state index contributed by atoms with van der Waals surface area (Å²) in [7, 11) is 1.81. The molecule has 2 N–H and O–H groups in total. The van der Waals surface area contributed by atoms with Crippen LogP contribution in [0.15, 0.2) is 29.3 Å². The molecule has 1 aromatic rings. The molecule has 0 amide bonds. The van der Waals surface area contributed by atoms with Gasteiger partial charge in [0.1, 0.15) is 12.4 Å². The fourth-order valence-corrected chi connectivity index (χ4v) is 1.99. The highest BCUT2D eigenvalue weighted by atomic mass is 127. The fourth-order valence-electron chi connectivity index (χ4n) is 1.99. The molecule has 120 valence electrons. The molecule has 0 unspecified atom stereocenters. The number of hydrogen-bond donors (Lipinski definition) is 2. The molecule has 2 rings (SSSR count). The van der Waals surface area contributed by atoms with Crippen LogP contribution in [-0.4, -0.2) is 32.7 Å². The lowest BCUT2D eigenvalue weighted by atomic mass is 10.1. The summed E-state index contributed by atoms with van der Waals surface area (Å²) < 4.78 is 5.35. The maximum atomic E-state index is 5.35. The number of nitrogens with zero attached hydrogens (tertiary/aromatic N) is 1. The van der Waals surface area contributed by atoms with Crippen molar-refractivity contribution in [1.29, 1.82) is 0 Å². The quantitative estimate of drug-likeness (QED) is 0.313. The topological polar surface area (TPSA) is 45.6 Å². The van der Waals surface area contributed by atoms with Gasteiger partial charge in [-0.05, 0) is 42.9 Å². The number of rotatable bonds is 7. The minimum atomic E-state index is 0. The van der Waals surface area contributed by atoms with Crippen molar-refractivity contribution >= 4 is 29.9 Å². The maximum Gasteiger partial charge on any atom is 0.190 e. The first kappa shape index (κ1) is 18.6. The Morgan fingerprint density at radius 1 is 1.32 bits per heavy atom. The Morgan fingerprint density at radius 2 is 2.05 bits per heavy atom. The van der Waals surface area contributed by atoms with E-state index in [0.717, 1.165) is 37.1 Å². The van der Waals surface area contributed by atoms with E-state index in [1.807, 2.05) is 12.1 Å². The van der Waals surface area contributed by atoms with E-state index in [2.05, 4.69) is 33.7 Å². The number of terminal acetylenes is 1. The molecule has 0 aromatic heterocycles. The van der Waals surface area contributed by atoms with Gasteiger partial charge in [-0.25, -0.2) is 0 Å². The summed E-state index contributed by atoms with van der Waals surface area (Å²) in [6.07, 6.45) is 8.79. The molecule has 0 spiro atoms. The summed E-state index contributed by atoms with van der Waals surface area (Å²) in [6, 6.07) is 8.03. The minimum absolute atomic E-state index is 0. The van der Waals surface area contributed by atoms with E-state index < -0.39 is 0 Å². The van der Waals surface area contributed by atoms with E-state index in [1.54, 1.807) is 7.05 Å². The third kappa shape index (κ3) is 7.03. The van der Waals surface area contributed by atoms with Crippen LogP contribution in [0.25, 0.3) is 0 Å². The van der Waals surface area contributed by atoms with Crippen molar-refractivity contribution < 1.29 is 4.74 Å². The average molecular weight is 413 g/mol. The van der Waals surface area contributed by atoms with Gasteiger partial charge in [-0.1, -0.05) is 18.1 Å². The zero-order valence-electron chi connectivity index (χ0n) is 13.0. The van der Waals surface area contributed by atoms with Crippen LogP contribution < -0.4 is 15.4 Å². The first-order chi connectivity index (χ1) is 10.3. The highest BCUT2D eigenvalue weighted by Gasteiger charge is 2.20. The summed E-state index contributed by atoms with van der Waals surface area (Å²) in [5.41, 5.74) is 1.26. The molecular formula is C17H24IN3O. The number of halogens is 1. The van der Waals surface area contributed by atoms with Crippen molar-refractivity contribution in [3.63, 3.8) is 0 Å². The molecule has 0 radical (unpaired) electrons. The number of hydrogen-bond acceptors (Lipinski definition) is 2. The molecule has 0 saturated heterocycles. The highest BCUT2D eigenvalue weighted by Crippen LogP contribution is 2.27. The lowest BCUT2D eigenvalue weighted by molar-refractivity contribution is 0.370. The molecule has 5 heteroatoms. The molecule has 1 aliphatic carbocycles. The summed E-state index contributed by atoms with van der Waals surface area (Å²) in [5, 5.41) is 6.68. The van der Waals surface area contributed by atoms with Crippen LogP contribution in [0.4, 0.5) is 0 Å². The van der Waals surface area contributed by atoms with Crippen LogP contribution in [0.2, 0.25) is 0 Å². The van der Waals surface area contributed by atoms with Crippen molar-refractivity contribution in [2.24, 2.45) is 10.9 Å². The number of nitrogens with one attached hydrogen (secondary N) is 2. The zero-order chi connectivity index (χ0) is 14.9. The number of guanidine groups is 1. The van der Waals surface area contributed by atoms with Crippen molar-refractivity contribution in [2.45, 2.75) is 19.3 Å². The second-order valence-electron chi connectivity index (χ2n) is 5.21.